The fraction of sp³-hybridized carbons (Fsp3) is 0.107. The number of aromatic nitrogens is 5. The van der Waals surface area contributed by atoms with E-state index < -0.39 is 27.3 Å². The minimum absolute atomic E-state index is 0.00214. The normalized spacial score (nSPS) is 12.4. The Bertz CT molecular complexity index is 2080. The van der Waals surface area contributed by atoms with Crippen molar-refractivity contribution in [1.29, 1.82) is 0 Å². The average molecular weight is 579 g/mol. The molecule has 3 aromatic carbocycles. The molecule has 0 unspecified atom stereocenters. The van der Waals surface area contributed by atoms with Crippen LogP contribution >= 0.6 is 0 Å². The first-order chi connectivity index (χ1) is 19.5. The Morgan fingerprint density at radius 2 is 1.71 bits per heavy atom. The maximum Gasteiger partial charge on any atom is 0.416 e. The Kier molecular flexibility index (Phi) is 6.27. The number of rotatable bonds is 6. The van der Waals surface area contributed by atoms with Crippen LogP contribution in [0.5, 0.6) is 0 Å². The standard InChI is InChI=1S/C28H21F3N6O3S/c1-36-26-22(16-32-36)25-23(24(34-26)18-8-5-9-19(14-18)28(29,30)31)27(38)37(35-25)20-10-12-21(13-11-20)41(39,40)33-15-17-6-3-2-4-7-17/h2-14,16,33,35H,15H2,1H3. The Labute approximate surface area is 230 Å². The number of hydrogen-bond donors (Lipinski definition) is 2. The van der Waals surface area contributed by atoms with E-state index in [0.29, 0.717) is 22.2 Å². The van der Waals surface area contributed by atoms with Crippen LogP contribution in [0.2, 0.25) is 0 Å². The lowest BCUT2D eigenvalue weighted by atomic mass is 10.0. The highest BCUT2D eigenvalue weighted by atomic mass is 32.2. The Balaban J connectivity index is 1.44. The van der Waals surface area contributed by atoms with Crippen LogP contribution in [0.3, 0.4) is 0 Å². The molecule has 0 radical (unpaired) electrons. The summed E-state index contributed by atoms with van der Waals surface area (Å²) in [4.78, 5) is 18.2. The lowest BCUT2D eigenvalue weighted by molar-refractivity contribution is -0.137. The Hall–Kier alpha value is -4.75. The number of H-pyrrole nitrogens is 1. The van der Waals surface area contributed by atoms with E-state index >= 15 is 0 Å². The smallest absolute Gasteiger partial charge is 0.289 e. The number of nitrogens with zero attached hydrogens (tertiary/aromatic N) is 4. The summed E-state index contributed by atoms with van der Waals surface area (Å²) in [5, 5.41) is 7.79. The lowest BCUT2D eigenvalue weighted by Gasteiger charge is -2.09. The average Bonchev–Trinajstić information content (AvgIpc) is 3.51. The molecule has 6 aromatic rings. The van der Waals surface area contributed by atoms with Gasteiger partial charge in [0.05, 0.1) is 44.3 Å². The monoisotopic (exact) mass is 578 g/mol. The molecule has 13 heteroatoms. The van der Waals surface area contributed by atoms with Crippen molar-refractivity contribution in [3.8, 4) is 16.9 Å². The van der Waals surface area contributed by atoms with E-state index in [9.17, 15) is 26.4 Å². The molecule has 0 spiro atoms. The highest BCUT2D eigenvalue weighted by Crippen LogP contribution is 2.34. The van der Waals surface area contributed by atoms with E-state index in [2.05, 4.69) is 19.9 Å². The predicted octanol–water partition coefficient (Wildman–Crippen LogP) is 4.76. The highest BCUT2D eigenvalue weighted by molar-refractivity contribution is 7.89. The van der Waals surface area contributed by atoms with Gasteiger partial charge in [0, 0.05) is 19.2 Å². The van der Waals surface area contributed by atoms with Crippen LogP contribution in [-0.2, 0) is 29.8 Å². The van der Waals surface area contributed by atoms with E-state index in [4.69, 9.17) is 0 Å². The van der Waals surface area contributed by atoms with Gasteiger partial charge < -0.3 is 0 Å². The summed E-state index contributed by atoms with van der Waals surface area (Å²) in [5.41, 5.74) is 0.552. The van der Waals surface area contributed by atoms with E-state index in [0.717, 1.165) is 17.7 Å². The summed E-state index contributed by atoms with van der Waals surface area (Å²) in [6.07, 6.45) is -3.07. The zero-order valence-corrected chi connectivity index (χ0v) is 22.2. The number of sulfonamides is 1. The van der Waals surface area contributed by atoms with Crippen LogP contribution in [-0.4, -0.2) is 33.0 Å². The molecule has 9 nitrogen and oxygen atoms in total. The topological polar surface area (TPSA) is 115 Å². The van der Waals surface area contributed by atoms with Gasteiger partial charge in [0.1, 0.15) is 0 Å². The van der Waals surface area contributed by atoms with Crippen LogP contribution in [0.1, 0.15) is 11.1 Å². The van der Waals surface area contributed by atoms with Crippen LogP contribution < -0.4 is 10.3 Å². The molecular formula is C28H21F3N6O3S. The van der Waals surface area contributed by atoms with E-state index in [1.54, 1.807) is 19.2 Å². The molecule has 0 fully saturated rings. The van der Waals surface area contributed by atoms with Crippen molar-refractivity contribution >= 4 is 32.0 Å². The summed E-state index contributed by atoms with van der Waals surface area (Å²) < 4.78 is 71.3. The second-order valence-electron chi connectivity index (χ2n) is 9.35. The molecule has 0 saturated heterocycles. The highest BCUT2D eigenvalue weighted by Gasteiger charge is 2.31. The van der Waals surface area contributed by atoms with Crippen molar-refractivity contribution in [2.45, 2.75) is 17.6 Å². The van der Waals surface area contributed by atoms with Gasteiger partial charge in [-0.05, 0) is 42.0 Å². The largest absolute Gasteiger partial charge is 0.416 e. The molecule has 0 aliphatic heterocycles. The summed E-state index contributed by atoms with van der Waals surface area (Å²) in [6.45, 7) is 0.110. The molecule has 2 N–H and O–H groups in total. The van der Waals surface area contributed by atoms with Crippen LogP contribution in [0.4, 0.5) is 13.2 Å². The lowest BCUT2D eigenvalue weighted by Crippen LogP contribution is -2.23. The van der Waals surface area contributed by atoms with Gasteiger partial charge in [-0.3, -0.25) is 14.6 Å². The van der Waals surface area contributed by atoms with Gasteiger partial charge in [0.2, 0.25) is 10.0 Å². The number of halogens is 3. The molecule has 6 rings (SSSR count). The minimum atomic E-state index is -4.58. The zero-order valence-electron chi connectivity index (χ0n) is 21.3. The first-order valence-corrected chi connectivity index (χ1v) is 13.8. The third-order valence-electron chi connectivity index (χ3n) is 6.70. The Morgan fingerprint density at radius 1 is 0.976 bits per heavy atom. The van der Waals surface area contributed by atoms with Crippen molar-refractivity contribution < 1.29 is 21.6 Å². The number of pyridine rings is 1. The maximum absolute atomic E-state index is 13.7. The SMILES string of the molecule is Cn1ncc2c3[nH]n(-c4ccc(S(=O)(=O)NCc5ccccc5)cc4)c(=O)c3c(-c3cccc(C(F)(F)F)c3)nc21. The van der Waals surface area contributed by atoms with E-state index in [1.807, 2.05) is 18.2 Å². The predicted molar refractivity (Wildman–Crippen MR) is 147 cm³/mol. The van der Waals surface area contributed by atoms with Crippen LogP contribution in [0.25, 0.3) is 38.9 Å². The van der Waals surface area contributed by atoms with Crippen molar-refractivity contribution in [3.05, 3.63) is 107 Å². The Morgan fingerprint density at radius 3 is 2.41 bits per heavy atom. The van der Waals surface area contributed by atoms with Crippen LogP contribution in [0, 0.1) is 0 Å². The molecule has 0 bridgehead atoms. The van der Waals surface area contributed by atoms with E-state index in [-0.39, 0.29) is 28.1 Å². The summed E-state index contributed by atoms with van der Waals surface area (Å²) in [7, 11) is -2.20. The molecule has 3 heterocycles. The second kappa shape index (κ2) is 9.71. The molecule has 0 aliphatic rings. The number of nitrogens with one attached hydrogen (secondary N) is 2. The summed E-state index contributed by atoms with van der Waals surface area (Å²) in [5.74, 6) is 0. The van der Waals surface area contributed by atoms with E-state index in [1.165, 1.54) is 52.0 Å². The van der Waals surface area contributed by atoms with Gasteiger partial charge in [0.15, 0.2) is 5.65 Å². The number of benzene rings is 3. The molecule has 0 atom stereocenters. The van der Waals surface area contributed by atoms with Gasteiger partial charge in [-0.15, -0.1) is 0 Å². The third kappa shape index (κ3) is 4.78. The number of alkyl halides is 3. The number of fused-ring (bicyclic) bond motifs is 3. The third-order valence-corrected chi connectivity index (χ3v) is 8.12. The zero-order chi connectivity index (χ0) is 28.9. The van der Waals surface area contributed by atoms with Crippen molar-refractivity contribution in [1.82, 2.24) is 29.3 Å². The van der Waals surface area contributed by atoms with Gasteiger partial charge in [-0.25, -0.2) is 22.8 Å². The number of hydrogen-bond acceptors (Lipinski definition) is 5. The molecule has 0 saturated carbocycles. The molecule has 208 valence electrons. The first kappa shape index (κ1) is 26.5. The van der Waals surface area contributed by atoms with Crippen molar-refractivity contribution in [2.75, 3.05) is 0 Å². The van der Waals surface area contributed by atoms with Crippen LogP contribution in [0.15, 0.2) is 94.7 Å². The summed E-state index contributed by atoms with van der Waals surface area (Å²) in [6, 6.07) is 19.3. The molecule has 0 amide bonds. The molecular weight excluding hydrogens is 557 g/mol. The first-order valence-electron chi connectivity index (χ1n) is 12.3. The van der Waals surface area contributed by atoms with Gasteiger partial charge >= 0.3 is 6.18 Å². The molecule has 0 aliphatic carbocycles. The van der Waals surface area contributed by atoms with Crippen molar-refractivity contribution in [3.63, 3.8) is 0 Å². The second-order valence-corrected chi connectivity index (χ2v) is 11.1. The fourth-order valence-electron chi connectivity index (χ4n) is 4.62. The van der Waals surface area contributed by atoms with Gasteiger partial charge in [-0.1, -0.05) is 42.5 Å². The maximum atomic E-state index is 13.7. The fourth-order valence-corrected chi connectivity index (χ4v) is 5.64. The van der Waals surface area contributed by atoms with Gasteiger partial charge in [-0.2, -0.15) is 18.3 Å². The quantitative estimate of drug-likeness (QED) is 0.296. The number of aromatic amines is 1. The van der Waals surface area contributed by atoms with Gasteiger partial charge in [0.25, 0.3) is 5.56 Å². The minimum Gasteiger partial charge on any atom is -0.289 e. The van der Waals surface area contributed by atoms with Crippen molar-refractivity contribution in [2.24, 2.45) is 7.05 Å². The summed E-state index contributed by atoms with van der Waals surface area (Å²) >= 11 is 0. The molecule has 41 heavy (non-hydrogen) atoms. The molecule has 3 aromatic heterocycles. The number of aryl methyl sites for hydroxylation is 1.